The summed E-state index contributed by atoms with van der Waals surface area (Å²) in [6.45, 7) is 1.42. The van der Waals surface area contributed by atoms with Crippen molar-refractivity contribution >= 4 is 23.3 Å². The van der Waals surface area contributed by atoms with Crippen LogP contribution in [0.1, 0.15) is 41.1 Å². The minimum absolute atomic E-state index is 0.0948. The Morgan fingerprint density at radius 2 is 1.72 bits per heavy atom. The Kier molecular flexibility index (Phi) is 6.19. The van der Waals surface area contributed by atoms with Crippen molar-refractivity contribution in [3.8, 4) is 0 Å². The summed E-state index contributed by atoms with van der Waals surface area (Å²) < 4.78 is 1.66. The number of nitrogens with one attached hydrogen (secondary N) is 2. The van der Waals surface area contributed by atoms with Gasteiger partial charge in [0.05, 0.1) is 12.5 Å². The fourth-order valence-electron chi connectivity index (χ4n) is 3.00. The molecule has 7 heteroatoms. The summed E-state index contributed by atoms with van der Waals surface area (Å²) in [6.07, 6.45) is 3.37. The number of rotatable bonds is 7. The van der Waals surface area contributed by atoms with Crippen molar-refractivity contribution in [2.24, 2.45) is 7.05 Å². The summed E-state index contributed by atoms with van der Waals surface area (Å²) in [5.41, 5.74) is 1.91. The predicted molar refractivity (Wildman–Crippen MR) is 109 cm³/mol. The van der Waals surface area contributed by atoms with Crippen molar-refractivity contribution < 1.29 is 14.4 Å². The molecule has 3 aromatic rings. The molecular formula is C22H22N4O3. The first-order valence-corrected chi connectivity index (χ1v) is 9.18. The third-order valence-corrected chi connectivity index (χ3v) is 4.42. The third-order valence-electron chi connectivity index (χ3n) is 4.42. The zero-order valence-electron chi connectivity index (χ0n) is 16.3. The topological polar surface area (TPSA) is 93.1 Å². The average Bonchev–Trinajstić information content (AvgIpc) is 3.13. The Labute approximate surface area is 168 Å². The molecule has 1 unspecified atom stereocenters. The molecule has 2 N–H and O–H groups in total. The number of nitrogens with zero attached hydrogens (tertiary/aromatic N) is 2. The van der Waals surface area contributed by atoms with Gasteiger partial charge in [0.25, 0.3) is 0 Å². The van der Waals surface area contributed by atoms with E-state index in [1.165, 1.54) is 6.92 Å². The van der Waals surface area contributed by atoms with Gasteiger partial charge in [-0.05, 0) is 29.8 Å². The van der Waals surface area contributed by atoms with Crippen molar-refractivity contribution in [1.82, 2.24) is 14.9 Å². The van der Waals surface area contributed by atoms with Crippen molar-refractivity contribution in [1.29, 1.82) is 0 Å². The second-order valence-electron chi connectivity index (χ2n) is 6.68. The van der Waals surface area contributed by atoms with Crippen LogP contribution in [-0.4, -0.2) is 27.1 Å². The highest BCUT2D eigenvalue weighted by Crippen LogP contribution is 2.18. The van der Waals surface area contributed by atoms with Crippen LogP contribution in [0.25, 0.3) is 0 Å². The van der Waals surface area contributed by atoms with Gasteiger partial charge in [-0.2, -0.15) is 0 Å². The summed E-state index contributed by atoms with van der Waals surface area (Å²) in [4.78, 5) is 40.5. The smallest absolute Gasteiger partial charge is 0.228 e. The Bertz CT molecular complexity index is 1010. The van der Waals surface area contributed by atoms with Gasteiger partial charge in [-0.15, -0.1) is 0 Å². The number of aromatic nitrogens is 2. The molecule has 2 aromatic carbocycles. The van der Waals surface area contributed by atoms with Gasteiger partial charge in [-0.3, -0.25) is 14.4 Å². The van der Waals surface area contributed by atoms with E-state index >= 15 is 0 Å². The molecule has 3 rings (SSSR count). The van der Waals surface area contributed by atoms with E-state index in [4.69, 9.17) is 0 Å². The third kappa shape index (κ3) is 5.16. The van der Waals surface area contributed by atoms with Gasteiger partial charge >= 0.3 is 0 Å². The van der Waals surface area contributed by atoms with Crippen LogP contribution in [0.5, 0.6) is 0 Å². The molecule has 7 nitrogen and oxygen atoms in total. The van der Waals surface area contributed by atoms with E-state index in [0.717, 1.165) is 5.56 Å². The van der Waals surface area contributed by atoms with Crippen LogP contribution < -0.4 is 10.6 Å². The van der Waals surface area contributed by atoms with Gasteiger partial charge in [-0.25, -0.2) is 4.98 Å². The highest BCUT2D eigenvalue weighted by atomic mass is 16.2. The van der Waals surface area contributed by atoms with Crippen molar-refractivity contribution in [3.63, 3.8) is 0 Å². The second-order valence-corrected chi connectivity index (χ2v) is 6.68. The van der Waals surface area contributed by atoms with Crippen LogP contribution in [0.4, 0.5) is 5.69 Å². The number of hydrogen-bond acceptors (Lipinski definition) is 4. The number of ketones is 1. The molecule has 29 heavy (non-hydrogen) atoms. The van der Waals surface area contributed by atoms with Crippen LogP contribution >= 0.6 is 0 Å². The number of amides is 2. The van der Waals surface area contributed by atoms with Crippen LogP contribution in [0, 0.1) is 0 Å². The molecule has 0 spiro atoms. The van der Waals surface area contributed by atoms with E-state index in [1.807, 2.05) is 30.3 Å². The zero-order valence-corrected chi connectivity index (χ0v) is 16.3. The Morgan fingerprint density at radius 3 is 2.31 bits per heavy atom. The quantitative estimate of drug-likeness (QED) is 0.607. The lowest BCUT2D eigenvalue weighted by molar-refractivity contribution is -0.120. The summed E-state index contributed by atoms with van der Waals surface area (Å²) in [5, 5.41) is 5.61. The Morgan fingerprint density at radius 1 is 1.03 bits per heavy atom. The number of aryl methyl sites for hydroxylation is 1. The van der Waals surface area contributed by atoms with Gasteiger partial charge in [-0.1, -0.05) is 30.3 Å². The number of benzene rings is 2. The minimum Gasteiger partial charge on any atom is -0.349 e. The molecule has 0 saturated heterocycles. The van der Waals surface area contributed by atoms with Crippen LogP contribution in [0.15, 0.2) is 67.0 Å². The molecule has 0 aliphatic rings. The van der Waals surface area contributed by atoms with Crippen LogP contribution in [0.3, 0.4) is 0 Å². The molecular weight excluding hydrogens is 368 g/mol. The molecule has 1 atom stereocenters. The highest BCUT2D eigenvalue weighted by Gasteiger charge is 2.18. The Hall–Kier alpha value is -3.74. The molecule has 1 heterocycles. The first kappa shape index (κ1) is 20.0. The van der Waals surface area contributed by atoms with Crippen molar-refractivity contribution in [3.05, 3.63) is 83.9 Å². The highest BCUT2D eigenvalue weighted by molar-refractivity contribution is 6.07. The van der Waals surface area contributed by atoms with Gasteiger partial charge < -0.3 is 15.2 Å². The minimum atomic E-state index is -0.419. The molecule has 0 fully saturated rings. The largest absolute Gasteiger partial charge is 0.349 e. The summed E-state index contributed by atoms with van der Waals surface area (Å²) >= 11 is 0. The van der Waals surface area contributed by atoms with E-state index < -0.39 is 6.04 Å². The molecule has 0 aliphatic heterocycles. The SMILES string of the molecule is CC(=O)NC(CC(=O)Nc1ccc(C(=O)c2nccn2C)cc1)c1ccccc1. The molecule has 0 bridgehead atoms. The number of hydrogen-bond donors (Lipinski definition) is 2. The van der Waals surface area contributed by atoms with E-state index in [-0.39, 0.29) is 24.0 Å². The normalized spacial score (nSPS) is 11.5. The summed E-state index contributed by atoms with van der Waals surface area (Å²) in [6, 6.07) is 15.6. The van der Waals surface area contributed by atoms with Gasteiger partial charge in [0.1, 0.15) is 0 Å². The lowest BCUT2D eigenvalue weighted by Crippen LogP contribution is -2.29. The number of carbonyl (C=O) groups is 3. The fraction of sp³-hybridized carbons (Fsp3) is 0.182. The van der Waals surface area contributed by atoms with Crippen molar-refractivity contribution in [2.45, 2.75) is 19.4 Å². The molecule has 148 valence electrons. The Balaban J connectivity index is 1.66. The maximum Gasteiger partial charge on any atom is 0.228 e. The van der Waals surface area contributed by atoms with E-state index in [9.17, 15) is 14.4 Å². The van der Waals surface area contributed by atoms with E-state index in [2.05, 4.69) is 15.6 Å². The van der Waals surface area contributed by atoms with Gasteiger partial charge in [0.2, 0.25) is 17.6 Å². The molecule has 0 saturated carbocycles. The molecule has 0 aliphatic carbocycles. The monoisotopic (exact) mass is 390 g/mol. The van der Waals surface area contributed by atoms with E-state index in [1.54, 1.807) is 48.3 Å². The average molecular weight is 390 g/mol. The number of anilines is 1. The van der Waals surface area contributed by atoms with Gasteiger partial charge in [0.15, 0.2) is 5.82 Å². The van der Waals surface area contributed by atoms with Crippen LogP contribution in [0.2, 0.25) is 0 Å². The van der Waals surface area contributed by atoms with E-state index in [0.29, 0.717) is 17.1 Å². The number of carbonyl (C=O) groups excluding carboxylic acids is 3. The lowest BCUT2D eigenvalue weighted by atomic mass is 10.0. The van der Waals surface area contributed by atoms with Crippen molar-refractivity contribution in [2.75, 3.05) is 5.32 Å². The number of imidazole rings is 1. The summed E-state index contributed by atoms with van der Waals surface area (Å²) in [5.74, 6) is -0.285. The predicted octanol–water partition coefficient (Wildman–Crippen LogP) is 2.86. The zero-order chi connectivity index (χ0) is 20.8. The molecule has 1 aromatic heterocycles. The van der Waals surface area contributed by atoms with Crippen LogP contribution in [-0.2, 0) is 16.6 Å². The maximum atomic E-state index is 12.5. The first-order valence-electron chi connectivity index (χ1n) is 9.18. The molecule has 2 amide bonds. The van der Waals surface area contributed by atoms with Gasteiger partial charge in [0, 0.05) is 37.6 Å². The summed E-state index contributed by atoms with van der Waals surface area (Å²) in [7, 11) is 1.76. The molecule has 0 radical (unpaired) electrons. The maximum absolute atomic E-state index is 12.5. The lowest BCUT2D eigenvalue weighted by Gasteiger charge is -2.18. The first-order chi connectivity index (χ1) is 13.9. The second kappa shape index (κ2) is 8.97. The standard InChI is InChI=1S/C22H22N4O3/c1-15(27)24-19(16-6-4-3-5-7-16)14-20(28)25-18-10-8-17(9-11-18)21(29)22-23-12-13-26(22)2/h3-13,19H,14H2,1-2H3,(H,24,27)(H,25,28). The fourth-order valence-corrected chi connectivity index (χ4v) is 3.00.